The van der Waals surface area contributed by atoms with Gasteiger partial charge in [-0.15, -0.1) is 0 Å². The zero-order valence-electron chi connectivity index (χ0n) is 14.4. The van der Waals surface area contributed by atoms with Crippen LogP contribution in [-0.4, -0.2) is 28.3 Å². The number of rotatable bonds is 9. The molecule has 2 amide bonds. The Morgan fingerprint density at radius 2 is 2.00 bits per heavy atom. The Labute approximate surface area is 142 Å². The third-order valence-electron chi connectivity index (χ3n) is 3.94. The molecule has 0 saturated heterocycles. The molecule has 0 aliphatic heterocycles. The van der Waals surface area contributed by atoms with Crippen molar-refractivity contribution >= 4 is 22.8 Å². The molecule has 1 aromatic carbocycles. The Morgan fingerprint density at radius 1 is 1.21 bits per heavy atom. The summed E-state index contributed by atoms with van der Waals surface area (Å²) >= 11 is 0. The van der Waals surface area contributed by atoms with E-state index in [2.05, 4.69) is 20.6 Å². The molecule has 1 heterocycles. The van der Waals surface area contributed by atoms with Crippen LogP contribution in [0.1, 0.15) is 57.8 Å². The van der Waals surface area contributed by atoms with Crippen molar-refractivity contribution in [2.24, 2.45) is 0 Å². The number of carbonyl (C=O) groups is 2. The molecule has 1 aromatic heterocycles. The fourth-order valence-corrected chi connectivity index (χ4v) is 2.62. The van der Waals surface area contributed by atoms with Crippen molar-refractivity contribution in [2.45, 2.75) is 52.0 Å². The lowest BCUT2D eigenvalue weighted by Gasteiger charge is -2.14. The van der Waals surface area contributed by atoms with Gasteiger partial charge in [0.1, 0.15) is 5.82 Å². The van der Waals surface area contributed by atoms with Gasteiger partial charge in [-0.1, -0.05) is 25.5 Å². The maximum Gasteiger partial charge on any atom is 0.220 e. The molecule has 0 fully saturated rings. The minimum atomic E-state index is -0.0933. The first-order chi connectivity index (χ1) is 11.6. The summed E-state index contributed by atoms with van der Waals surface area (Å²) in [6, 6.07) is 7.76. The highest BCUT2D eigenvalue weighted by Gasteiger charge is 2.16. The van der Waals surface area contributed by atoms with Gasteiger partial charge in [-0.25, -0.2) is 4.98 Å². The maximum atomic E-state index is 12.1. The highest BCUT2D eigenvalue weighted by atomic mass is 16.2. The van der Waals surface area contributed by atoms with Gasteiger partial charge < -0.3 is 15.6 Å². The van der Waals surface area contributed by atoms with Crippen LogP contribution in [0.2, 0.25) is 0 Å². The second-order valence-electron chi connectivity index (χ2n) is 5.96. The van der Waals surface area contributed by atoms with Gasteiger partial charge in [0.05, 0.1) is 17.1 Å². The Bertz CT molecular complexity index is 647. The van der Waals surface area contributed by atoms with Crippen LogP contribution in [0.25, 0.3) is 11.0 Å². The first kappa shape index (κ1) is 18.0. The van der Waals surface area contributed by atoms with E-state index in [1.165, 1.54) is 6.92 Å². The van der Waals surface area contributed by atoms with Gasteiger partial charge in [0.25, 0.3) is 0 Å². The number of hydrogen-bond donors (Lipinski definition) is 3. The molecule has 0 aliphatic rings. The van der Waals surface area contributed by atoms with Gasteiger partial charge in [-0.05, 0) is 31.4 Å². The lowest BCUT2D eigenvalue weighted by molar-refractivity contribution is -0.122. The van der Waals surface area contributed by atoms with Crippen molar-refractivity contribution in [1.29, 1.82) is 0 Å². The molecule has 24 heavy (non-hydrogen) atoms. The summed E-state index contributed by atoms with van der Waals surface area (Å²) in [5.74, 6) is 0.837. The van der Waals surface area contributed by atoms with Crippen LogP contribution >= 0.6 is 0 Å². The van der Waals surface area contributed by atoms with Crippen molar-refractivity contribution in [2.75, 3.05) is 6.54 Å². The molecule has 1 atom stereocenters. The lowest BCUT2D eigenvalue weighted by Crippen LogP contribution is -2.28. The van der Waals surface area contributed by atoms with Crippen LogP contribution in [0.15, 0.2) is 24.3 Å². The second kappa shape index (κ2) is 9.05. The Balaban J connectivity index is 1.77. The Morgan fingerprint density at radius 3 is 2.71 bits per heavy atom. The number of nitrogens with zero attached hydrogens (tertiary/aromatic N) is 1. The van der Waals surface area contributed by atoms with Gasteiger partial charge in [0, 0.05) is 19.9 Å². The molecular weight excluding hydrogens is 304 g/mol. The first-order valence-electron chi connectivity index (χ1n) is 8.58. The monoisotopic (exact) mass is 330 g/mol. The van der Waals surface area contributed by atoms with E-state index in [-0.39, 0.29) is 17.9 Å². The molecule has 2 rings (SSSR count). The molecule has 0 saturated carbocycles. The fraction of sp³-hybridized carbons (Fsp3) is 0.500. The van der Waals surface area contributed by atoms with Crippen LogP contribution in [0.4, 0.5) is 0 Å². The highest BCUT2D eigenvalue weighted by molar-refractivity contribution is 5.77. The molecule has 0 radical (unpaired) electrons. The molecule has 6 heteroatoms. The third kappa shape index (κ3) is 5.37. The number of nitrogens with one attached hydrogen (secondary N) is 3. The van der Waals surface area contributed by atoms with E-state index < -0.39 is 0 Å². The van der Waals surface area contributed by atoms with E-state index in [0.29, 0.717) is 13.0 Å². The number of H-pyrrole nitrogens is 1. The summed E-state index contributed by atoms with van der Waals surface area (Å²) in [5, 5.41) is 5.81. The van der Waals surface area contributed by atoms with Crippen LogP contribution in [0.5, 0.6) is 0 Å². The number of para-hydroxylation sites is 2. The summed E-state index contributed by atoms with van der Waals surface area (Å²) in [6.45, 7) is 4.22. The molecule has 0 spiro atoms. The highest BCUT2D eigenvalue weighted by Crippen LogP contribution is 2.18. The number of imidazole rings is 1. The van der Waals surface area contributed by atoms with E-state index in [1.807, 2.05) is 31.2 Å². The molecule has 0 aliphatic carbocycles. The second-order valence-corrected chi connectivity index (χ2v) is 5.96. The van der Waals surface area contributed by atoms with E-state index in [4.69, 9.17) is 0 Å². The summed E-state index contributed by atoms with van der Waals surface area (Å²) in [4.78, 5) is 30.7. The van der Waals surface area contributed by atoms with Crippen molar-refractivity contribution < 1.29 is 9.59 Å². The maximum absolute atomic E-state index is 12.1. The summed E-state index contributed by atoms with van der Waals surface area (Å²) < 4.78 is 0. The molecule has 3 N–H and O–H groups in total. The smallest absolute Gasteiger partial charge is 0.220 e. The summed E-state index contributed by atoms with van der Waals surface area (Å²) in [6.07, 6.45) is 3.93. The van der Waals surface area contributed by atoms with E-state index in [0.717, 1.165) is 42.5 Å². The first-order valence-corrected chi connectivity index (χ1v) is 8.58. The Kier molecular flexibility index (Phi) is 6.78. The number of fused-ring (bicyclic) bond motifs is 1. The number of aromatic nitrogens is 2. The van der Waals surface area contributed by atoms with E-state index in [1.54, 1.807) is 0 Å². The SMILES string of the molecule is CC[C@H](NC(=O)CCCCCNC(C)=O)c1nc2ccccc2[nH]1. The number of amides is 2. The van der Waals surface area contributed by atoms with Gasteiger partial charge in [0.15, 0.2) is 0 Å². The Hall–Kier alpha value is -2.37. The van der Waals surface area contributed by atoms with Gasteiger partial charge >= 0.3 is 0 Å². The molecule has 6 nitrogen and oxygen atoms in total. The molecule has 2 aromatic rings. The molecule has 130 valence electrons. The number of hydrogen-bond acceptors (Lipinski definition) is 3. The summed E-state index contributed by atoms with van der Waals surface area (Å²) in [7, 11) is 0. The van der Waals surface area contributed by atoms with Crippen molar-refractivity contribution in [1.82, 2.24) is 20.6 Å². The average Bonchev–Trinajstić information content (AvgIpc) is 2.99. The number of unbranched alkanes of at least 4 members (excludes halogenated alkanes) is 2. The normalized spacial score (nSPS) is 12.1. The van der Waals surface area contributed by atoms with Gasteiger partial charge in [-0.2, -0.15) is 0 Å². The molecule has 0 unspecified atom stereocenters. The predicted molar refractivity (Wildman–Crippen MR) is 94.4 cm³/mol. The molecule has 0 bridgehead atoms. The van der Waals surface area contributed by atoms with Crippen LogP contribution in [-0.2, 0) is 9.59 Å². The van der Waals surface area contributed by atoms with Crippen LogP contribution < -0.4 is 10.6 Å². The standard InChI is InChI=1S/C18H26N4O2/c1-3-14(18-21-15-9-6-7-10-16(15)22-18)20-17(24)11-5-4-8-12-19-13(2)23/h6-7,9-10,14H,3-5,8,11-12H2,1-2H3,(H,19,23)(H,20,24)(H,21,22)/t14-/m0/s1. The average molecular weight is 330 g/mol. The quantitative estimate of drug-likeness (QED) is 0.618. The largest absolute Gasteiger partial charge is 0.356 e. The van der Waals surface area contributed by atoms with Gasteiger partial charge in [-0.3, -0.25) is 9.59 Å². The van der Waals surface area contributed by atoms with Crippen molar-refractivity contribution in [3.8, 4) is 0 Å². The summed E-state index contributed by atoms with van der Waals surface area (Å²) in [5.41, 5.74) is 1.90. The minimum Gasteiger partial charge on any atom is -0.356 e. The van der Waals surface area contributed by atoms with E-state index >= 15 is 0 Å². The van der Waals surface area contributed by atoms with Crippen molar-refractivity contribution in [3.63, 3.8) is 0 Å². The minimum absolute atomic E-state index is 0.00985. The lowest BCUT2D eigenvalue weighted by atomic mass is 10.1. The van der Waals surface area contributed by atoms with Crippen LogP contribution in [0, 0.1) is 0 Å². The third-order valence-corrected chi connectivity index (χ3v) is 3.94. The number of aromatic amines is 1. The fourth-order valence-electron chi connectivity index (χ4n) is 2.62. The van der Waals surface area contributed by atoms with Crippen molar-refractivity contribution in [3.05, 3.63) is 30.1 Å². The predicted octanol–water partition coefficient (Wildman–Crippen LogP) is 2.83. The van der Waals surface area contributed by atoms with Gasteiger partial charge in [0.2, 0.25) is 11.8 Å². The molecular formula is C18H26N4O2. The zero-order chi connectivity index (χ0) is 17.4. The number of carbonyl (C=O) groups excluding carboxylic acids is 2. The van der Waals surface area contributed by atoms with Crippen LogP contribution in [0.3, 0.4) is 0 Å². The number of benzene rings is 1. The zero-order valence-corrected chi connectivity index (χ0v) is 14.4. The van der Waals surface area contributed by atoms with E-state index in [9.17, 15) is 9.59 Å². The topological polar surface area (TPSA) is 86.9 Å².